The van der Waals surface area contributed by atoms with Crippen LogP contribution in [0.1, 0.15) is 31.2 Å². The molecule has 0 spiro atoms. The predicted octanol–water partition coefficient (Wildman–Crippen LogP) is 3.73. The zero-order valence-electron chi connectivity index (χ0n) is 11.4. The van der Waals surface area contributed by atoms with Crippen LogP contribution in [0.4, 0.5) is 5.69 Å². The summed E-state index contributed by atoms with van der Waals surface area (Å²) in [5, 5.41) is 3.61. The minimum absolute atomic E-state index is 0.713. The Kier molecular flexibility index (Phi) is 5.07. The van der Waals surface area contributed by atoms with Crippen molar-refractivity contribution in [3.8, 4) is 0 Å². The summed E-state index contributed by atoms with van der Waals surface area (Å²) in [7, 11) is 2.18. The monoisotopic (exact) mass is 310 g/mol. The van der Waals surface area contributed by atoms with Crippen LogP contribution in [0.25, 0.3) is 0 Å². The SMILES string of the molecule is Cc1ccc(N(C)CCC2CCCCN2)c(Br)c1. The molecule has 1 aromatic carbocycles. The summed E-state index contributed by atoms with van der Waals surface area (Å²) >= 11 is 3.66. The summed E-state index contributed by atoms with van der Waals surface area (Å²) in [4.78, 5) is 2.35. The largest absolute Gasteiger partial charge is 0.374 e. The van der Waals surface area contributed by atoms with Crippen molar-refractivity contribution >= 4 is 21.6 Å². The molecule has 0 radical (unpaired) electrons. The van der Waals surface area contributed by atoms with Crippen LogP contribution in [0.5, 0.6) is 0 Å². The molecule has 1 aliphatic rings. The van der Waals surface area contributed by atoms with Crippen molar-refractivity contribution < 1.29 is 0 Å². The van der Waals surface area contributed by atoms with Gasteiger partial charge in [-0.3, -0.25) is 0 Å². The first kappa shape index (κ1) is 13.9. The van der Waals surface area contributed by atoms with E-state index in [1.807, 2.05) is 0 Å². The fourth-order valence-corrected chi connectivity index (χ4v) is 3.36. The Morgan fingerprint density at radius 3 is 2.89 bits per heavy atom. The van der Waals surface area contributed by atoms with E-state index in [2.05, 4.69) is 58.3 Å². The van der Waals surface area contributed by atoms with E-state index in [-0.39, 0.29) is 0 Å². The van der Waals surface area contributed by atoms with Gasteiger partial charge in [0.05, 0.1) is 5.69 Å². The number of hydrogen-bond acceptors (Lipinski definition) is 2. The highest BCUT2D eigenvalue weighted by molar-refractivity contribution is 9.10. The second-order valence-electron chi connectivity index (χ2n) is 5.31. The maximum absolute atomic E-state index is 3.66. The summed E-state index contributed by atoms with van der Waals surface area (Å²) in [5.41, 5.74) is 2.59. The fourth-order valence-electron chi connectivity index (χ4n) is 2.56. The highest BCUT2D eigenvalue weighted by Gasteiger charge is 2.13. The molecule has 3 heteroatoms. The van der Waals surface area contributed by atoms with Gasteiger partial charge in [0.2, 0.25) is 0 Å². The maximum Gasteiger partial charge on any atom is 0.0508 e. The first-order valence-electron chi connectivity index (χ1n) is 6.87. The molecule has 0 amide bonds. The number of rotatable bonds is 4. The topological polar surface area (TPSA) is 15.3 Å². The molecule has 1 aliphatic heterocycles. The number of halogens is 1. The van der Waals surface area contributed by atoms with Gasteiger partial charge in [0.15, 0.2) is 0 Å². The Morgan fingerprint density at radius 1 is 1.39 bits per heavy atom. The Labute approximate surface area is 119 Å². The van der Waals surface area contributed by atoms with Crippen LogP contribution in [0, 0.1) is 6.92 Å². The molecule has 0 saturated carbocycles. The Bertz CT molecular complexity index is 386. The van der Waals surface area contributed by atoms with E-state index in [9.17, 15) is 0 Å². The van der Waals surface area contributed by atoms with Gasteiger partial charge in [0.25, 0.3) is 0 Å². The molecule has 2 nitrogen and oxygen atoms in total. The number of anilines is 1. The van der Waals surface area contributed by atoms with Crippen LogP contribution in [0.15, 0.2) is 22.7 Å². The molecule has 1 atom stereocenters. The van der Waals surface area contributed by atoms with Crippen LogP contribution < -0.4 is 10.2 Å². The van der Waals surface area contributed by atoms with E-state index in [1.54, 1.807) is 0 Å². The molecular weight excluding hydrogens is 288 g/mol. The molecule has 0 bridgehead atoms. The Morgan fingerprint density at radius 2 is 2.22 bits per heavy atom. The molecule has 0 aliphatic carbocycles. The third-order valence-electron chi connectivity index (χ3n) is 3.74. The van der Waals surface area contributed by atoms with Crippen molar-refractivity contribution in [3.63, 3.8) is 0 Å². The molecule has 1 aromatic rings. The highest BCUT2D eigenvalue weighted by atomic mass is 79.9. The van der Waals surface area contributed by atoms with E-state index in [0.717, 1.165) is 6.54 Å². The van der Waals surface area contributed by atoms with Crippen LogP contribution in [0.3, 0.4) is 0 Å². The molecule has 1 saturated heterocycles. The molecular formula is C15H23BrN2. The van der Waals surface area contributed by atoms with Crippen LogP contribution in [-0.4, -0.2) is 26.2 Å². The van der Waals surface area contributed by atoms with Gasteiger partial charge in [-0.05, 0) is 66.4 Å². The summed E-state index contributed by atoms with van der Waals surface area (Å²) in [5.74, 6) is 0. The predicted molar refractivity (Wildman–Crippen MR) is 82.4 cm³/mol. The smallest absolute Gasteiger partial charge is 0.0508 e. The highest BCUT2D eigenvalue weighted by Crippen LogP contribution is 2.26. The molecule has 100 valence electrons. The van der Waals surface area contributed by atoms with Crippen LogP contribution in [0.2, 0.25) is 0 Å². The summed E-state index contributed by atoms with van der Waals surface area (Å²) in [6.45, 7) is 4.43. The van der Waals surface area contributed by atoms with Gasteiger partial charge in [-0.2, -0.15) is 0 Å². The number of hydrogen-bond donors (Lipinski definition) is 1. The minimum Gasteiger partial charge on any atom is -0.374 e. The first-order chi connectivity index (χ1) is 8.66. The lowest BCUT2D eigenvalue weighted by atomic mass is 10.0. The van der Waals surface area contributed by atoms with Gasteiger partial charge in [0.1, 0.15) is 0 Å². The molecule has 0 aromatic heterocycles. The van der Waals surface area contributed by atoms with Gasteiger partial charge in [0, 0.05) is 24.1 Å². The summed E-state index contributed by atoms with van der Waals surface area (Å²) in [6.07, 6.45) is 5.30. The summed E-state index contributed by atoms with van der Waals surface area (Å²) < 4.78 is 1.20. The van der Waals surface area contributed by atoms with Gasteiger partial charge in [-0.1, -0.05) is 12.5 Å². The molecule has 1 fully saturated rings. The fraction of sp³-hybridized carbons (Fsp3) is 0.600. The standard InChI is InChI=1S/C15H23BrN2/c1-12-6-7-15(14(16)11-12)18(2)10-8-13-5-3-4-9-17-13/h6-7,11,13,17H,3-5,8-10H2,1-2H3. The molecule has 18 heavy (non-hydrogen) atoms. The van der Waals surface area contributed by atoms with E-state index in [4.69, 9.17) is 0 Å². The third kappa shape index (κ3) is 3.72. The number of benzene rings is 1. The number of aryl methyl sites for hydroxylation is 1. The van der Waals surface area contributed by atoms with Crippen molar-refractivity contribution in [1.82, 2.24) is 5.32 Å². The number of nitrogens with zero attached hydrogens (tertiary/aromatic N) is 1. The Balaban J connectivity index is 1.88. The van der Waals surface area contributed by atoms with Crippen molar-refractivity contribution in [3.05, 3.63) is 28.2 Å². The van der Waals surface area contributed by atoms with Gasteiger partial charge in [-0.15, -0.1) is 0 Å². The van der Waals surface area contributed by atoms with Gasteiger partial charge >= 0.3 is 0 Å². The molecule has 1 N–H and O–H groups in total. The van der Waals surface area contributed by atoms with Crippen LogP contribution >= 0.6 is 15.9 Å². The number of nitrogens with one attached hydrogen (secondary N) is 1. The van der Waals surface area contributed by atoms with E-state index >= 15 is 0 Å². The lowest BCUT2D eigenvalue weighted by Gasteiger charge is -2.27. The maximum atomic E-state index is 3.66. The molecule has 1 heterocycles. The molecule has 1 unspecified atom stereocenters. The zero-order chi connectivity index (χ0) is 13.0. The minimum atomic E-state index is 0.713. The Hall–Kier alpha value is -0.540. The van der Waals surface area contributed by atoms with Crippen molar-refractivity contribution in [2.75, 3.05) is 25.0 Å². The van der Waals surface area contributed by atoms with E-state index in [1.165, 1.54) is 48.0 Å². The van der Waals surface area contributed by atoms with Gasteiger partial charge < -0.3 is 10.2 Å². The first-order valence-corrected chi connectivity index (χ1v) is 7.67. The van der Waals surface area contributed by atoms with E-state index in [0.29, 0.717) is 6.04 Å². The quantitative estimate of drug-likeness (QED) is 0.911. The normalized spacial score (nSPS) is 19.8. The van der Waals surface area contributed by atoms with Crippen molar-refractivity contribution in [1.29, 1.82) is 0 Å². The second kappa shape index (κ2) is 6.58. The van der Waals surface area contributed by atoms with Crippen molar-refractivity contribution in [2.45, 2.75) is 38.6 Å². The zero-order valence-corrected chi connectivity index (χ0v) is 13.0. The average molecular weight is 311 g/mol. The van der Waals surface area contributed by atoms with Gasteiger partial charge in [-0.25, -0.2) is 0 Å². The number of piperidine rings is 1. The lowest BCUT2D eigenvalue weighted by Crippen LogP contribution is -2.36. The lowest BCUT2D eigenvalue weighted by molar-refractivity contribution is 0.384. The second-order valence-corrected chi connectivity index (χ2v) is 6.17. The molecule has 2 rings (SSSR count). The average Bonchev–Trinajstić information content (AvgIpc) is 2.37. The summed E-state index contributed by atoms with van der Waals surface area (Å²) in [6, 6.07) is 7.28. The van der Waals surface area contributed by atoms with E-state index < -0.39 is 0 Å². The van der Waals surface area contributed by atoms with Crippen molar-refractivity contribution in [2.24, 2.45) is 0 Å². The van der Waals surface area contributed by atoms with Crippen LogP contribution in [-0.2, 0) is 0 Å². The third-order valence-corrected chi connectivity index (χ3v) is 4.37.